The highest BCUT2D eigenvalue weighted by Crippen LogP contribution is 2.27. The summed E-state index contributed by atoms with van der Waals surface area (Å²) in [5, 5.41) is 11.7. The van der Waals surface area contributed by atoms with Crippen molar-refractivity contribution in [3.8, 4) is 17.6 Å². The number of nitriles is 1. The third-order valence-corrected chi connectivity index (χ3v) is 3.89. The number of hydrogen-bond donors (Lipinski definition) is 1. The largest absolute Gasteiger partial charge is 0.493 e. The second-order valence-electron chi connectivity index (χ2n) is 5.95. The van der Waals surface area contributed by atoms with Crippen LogP contribution >= 0.6 is 0 Å². The lowest BCUT2D eigenvalue weighted by Gasteiger charge is -2.16. The van der Waals surface area contributed by atoms with E-state index in [1.54, 1.807) is 26.4 Å². The summed E-state index contributed by atoms with van der Waals surface area (Å²) >= 11 is 0. The van der Waals surface area contributed by atoms with E-state index in [2.05, 4.69) is 11.4 Å². The van der Waals surface area contributed by atoms with Gasteiger partial charge in [0.2, 0.25) is 5.91 Å². The third kappa shape index (κ3) is 5.50. The number of carbonyl (C=O) groups is 1. The SMILES string of the molecule is COc1ccc(CNC(=O)CN(C)Cc2ccc(C#N)cc2)cc1OC. The average Bonchev–Trinajstić information content (AvgIpc) is 2.66. The fourth-order valence-electron chi connectivity index (χ4n) is 2.54. The predicted octanol–water partition coefficient (Wildman–Crippen LogP) is 2.32. The third-order valence-electron chi connectivity index (χ3n) is 3.89. The van der Waals surface area contributed by atoms with Crippen molar-refractivity contribution in [3.63, 3.8) is 0 Å². The van der Waals surface area contributed by atoms with Gasteiger partial charge in [-0.3, -0.25) is 9.69 Å². The number of nitrogens with zero attached hydrogens (tertiary/aromatic N) is 2. The van der Waals surface area contributed by atoms with Crippen LogP contribution in [-0.2, 0) is 17.9 Å². The van der Waals surface area contributed by atoms with Gasteiger partial charge in [0.15, 0.2) is 11.5 Å². The lowest BCUT2D eigenvalue weighted by Crippen LogP contribution is -2.34. The van der Waals surface area contributed by atoms with Crippen LogP contribution in [0.15, 0.2) is 42.5 Å². The summed E-state index contributed by atoms with van der Waals surface area (Å²) in [4.78, 5) is 14.1. The van der Waals surface area contributed by atoms with E-state index in [-0.39, 0.29) is 12.5 Å². The molecule has 0 spiro atoms. The molecule has 0 saturated carbocycles. The quantitative estimate of drug-likeness (QED) is 0.788. The molecule has 0 unspecified atom stereocenters. The molecule has 0 aliphatic carbocycles. The van der Waals surface area contributed by atoms with E-state index in [9.17, 15) is 4.79 Å². The van der Waals surface area contributed by atoms with E-state index in [1.807, 2.05) is 42.3 Å². The van der Waals surface area contributed by atoms with Crippen molar-refractivity contribution in [1.29, 1.82) is 5.26 Å². The smallest absolute Gasteiger partial charge is 0.234 e. The van der Waals surface area contributed by atoms with Gasteiger partial charge < -0.3 is 14.8 Å². The molecule has 0 heterocycles. The first-order valence-electron chi connectivity index (χ1n) is 8.21. The minimum absolute atomic E-state index is 0.0593. The van der Waals surface area contributed by atoms with Crippen LogP contribution in [0.3, 0.4) is 0 Å². The number of carbonyl (C=O) groups excluding carboxylic acids is 1. The Bertz CT molecular complexity index is 782. The summed E-state index contributed by atoms with van der Waals surface area (Å²) in [6.45, 7) is 1.34. The predicted molar refractivity (Wildman–Crippen MR) is 98.9 cm³/mol. The number of likely N-dealkylation sites (N-methyl/N-ethyl adjacent to an activating group) is 1. The van der Waals surface area contributed by atoms with Crippen LogP contribution in [0.1, 0.15) is 16.7 Å². The van der Waals surface area contributed by atoms with Crippen molar-refractivity contribution in [3.05, 3.63) is 59.2 Å². The Morgan fingerprint density at radius 1 is 1.08 bits per heavy atom. The van der Waals surface area contributed by atoms with Gasteiger partial charge >= 0.3 is 0 Å². The summed E-state index contributed by atoms with van der Waals surface area (Å²) in [5.74, 6) is 1.23. The van der Waals surface area contributed by atoms with Crippen LogP contribution in [-0.4, -0.2) is 38.6 Å². The zero-order chi connectivity index (χ0) is 18.9. The molecule has 0 bridgehead atoms. The molecular formula is C20H23N3O3. The van der Waals surface area contributed by atoms with Gasteiger partial charge in [-0.25, -0.2) is 0 Å². The molecule has 6 heteroatoms. The van der Waals surface area contributed by atoms with Crippen LogP contribution in [0.4, 0.5) is 0 Å². The van der Waals surface area contributed by atoms with Crippen LogP contribution in [0.25, 0.3) is 0 Å². The number of methoxy groups -OCH3 is 2. The highest BCUT2D eigenvalue weighted by Gasteiger charge is 2.09. The Balaban J connectivity index is 1.83. The molecule has 0 radical (unpaired) electrons. The molecule has 1 amide bonds. The molecule has 1 N–H and O–H groups in total. The highest BCUT2D eigenvalue weighted by molar-refractivity contribution is 5.78. The Labute approximate surface area is 153 Å². The Kier molecular flexibility index (Phi) is 7.01. The maximum Gasteiger partial charge on any atom is 0.234 e. The normalized spacial score (nSPS) is 10.3. The number of hydrogen-bond acceptors (Lipinski definition) is 5. The number of benzene rings is 2. The first-order valence-corrected chi connectivity index (χ1v) is 8.21. The zero-order valence-electron chi connectivity index (χ0n) is 15.3. The fourth-order valence-corrected chi connectivity index (χ4v) is 2.54. The first kappa shape index (κ1) is 19.3. The van der Waals surface area contributed by atoms with E-state index in [1.165, 1.54) is 0 Å². The topological polar surface area (TPSA) is 74.6 Å². The van der Waals surface area contributed by atoms with Crippen molar-refractivity contribution >= 4 is 5.91 Å². The van der Waals surface area contributed by atoms with E-state index in [0.717, 1.165) is 11.1 Å². The molecule has 0 aliphatic heterocycles. The van der Waals surface area contributed by atoms with E-state index < -0.39 is 0 Å². The molecule has 6 nitrogen and oxygen atoms in total. The summed E-state index contributed by atoms with van der Waals surface area (Å²) in [6, 6.07) is 15.0. The number of ether oxygens (including phenoxy) is 2. The Morgan fingerprint density at radius 2 is 1.73 bits per heavy atom. The van der Waals surface area contributed by atoms with E-state index in [0.29, 0.717) is 30.2 Å². The molecule has 2 rings (SSSR count). The monoisotopic (exact) mass is 353 g/mol. The van der Waals surface area contributed by atoms with Crippen molar-refractivity contribution in [2.24, 2.45) is 0 Å². The highest BCUT2D eigenvalue weighted by atomic mass is 16.5. The molecule has 136 valence electrons. The maximum absolute atomic E-state index is 12.1. The van der Waals surface area contributed by atoms with Crippen LogP contribution < -0.4 is 14.8 Å². The summed E-state index contributed by atoms with van der Waals surface area (Å²) < 4.78 is 10.5. The van der Waals surface area contributed by atoms with Crippen LogP contribution in [0.5, 0.6) is 11.5 Å². The Morgan fingerprint density at radius 3 is 2.35 bits per heavy atom. The van der Waals surface area contributed by atoms with Crippen molar-refractivity contribution < 1.29 is 14.3 Å². The van der Waals surface area contributed by atoms with Crippen LogP contribution in [0, 0.1) is 11.3 Å². The van der Waals surface area contributed by atoms with Gasteiger partial charge in [-0.15, -0.1) is 0 Å². The number of nitrogens with one attached hydrogen (secondary N) is 1. The fraction of sp³-hybridized carbons (Fsp3) is 0.300. The molecule has 0 aliphatic rings. The lowest BCUT2D eigenvalue weighted by molar-refractivity contribution is -0.122. The summed E-state index contributed by atoms with van der Waals surface area (Å²) in [5.41, 5.74) is 2.62. The Hall–Kier alpha value is -3.04. The molecule has 2 aromatic rings. The van der Waals surface area contributed by atoms with Crippen molar-refractivity contribution in [1.82, 2.24) is 10.2 Å². The van der Waals surface area contributed by atoms with Gasteiger partial charge in [0.25, 0.3) is 0 Å². The van der Waals surface area contributed by atoms with Crippen molar-refractivity contribution in [2.45, 2.75) is 13.1 Å². The second kappa shape index (κ2) is 9.44. The van der Waals surface area contributed by atoms with Gasteiger partial charge in [-0.1, -0.05) is 18.2 Å². The number of rotatable bonds is 8. The van der Waals surface area contributed by atoms with Gasteiger partial charge in [0.1, 0.15) is 0 Å². The van der Waals surface area contributed by atoms with E-state index >= 15 is 0 Å². The van der Waals surface area contributed by atoms with Gasteiger partial charge in [0.05, 0.1) is 32.4 Å². The number of amides is 1. The average molecular weight is 353 g/mol. The molecule has 26 heavy (non-hydrogen) atoms. The molecular weight excluding hydrogens is 330 g/mol. The molecule has 0 saturated heterocycles. The van der Waals surface area contributed by atoms with Gasteiger partial charge in [-0.05, 0) is 42.4 Å². The van der Waals surface area contributed by atoms with E-state index in [4.69, 9.17) is 14.7 Å². The van der Waals surface area contributed by atoms with Gasteiger partial charge in [-0.2, -0.15) is 5.26 Å². The second-order valence-corrected chi connectivity index (χ2v) is 5.95. The standard InChI is InChI=1S/C20H23N3O3/c1-23(13-16-6-4-15(11-21)5-7-16)14-20(24)22-12-17-8-9-18(25-2)19(10-17)26-3/h4-10H,12-14H2,1-3H3,(H,22,24). The minimum atomic E-state index is -0.0593. The molecule has 0 fully saturated rings. The van der Waals surface area contributed by atoms with Gasteiger partial charge in [0, 0.05) is 13.1 Å². The van der Waals surface area contributed by atoms with Crippen molar-refractivity contribution in [2.75, 3.05) is 27.8 Å². The summed E-state index contributed by atoms with van der Waals surface area (Å²) in [6.07, 6.45) is 0. The lowest BCUT2D eigenvalue weighted by atomic mass is 10.1. The molecule has 2 aromatic carbocycles. The molecule has 0 aromatic heterocycles. The minimum Gasteiger partial charge on any atom is -0.493 e. The first-order chi connectivity index (χ1) is 12.5. The summed E-state index contributed by atoms with van der Waals surface area (Å²) in [7, 11) is 5.05. The van der Waals surface area contributed by atoms with Crippen LogP contribution in [0.2, 0.25) is 0 Å². The maximum atomic E-state index is 12.1. The molecule has 0 atom stereocenters. The zero-order valence-corrected chi connectivity index (χ0v) is 15.3.